The van der Waals surface area contributed by atoms with E-state index < -0.39 is 5.97 Å². The summed E-state index contributed by atoms with van der Waals surface area (Å²) in [6.07, 6.45) is 5.52. The van der Waals surface area contributed by atoms with Gasteiger partial charge in [-0.3, -0.25) is 4.79 Å². The van der Waals surface area contributed by atoms with E-state index in [4.69, 9.17) is 9.84 Å². The lowest BCUT2D eigenvalue weighted by Crippen LogP contribution is -2.16. The van der Waals surface area contributed by atoms with Gasteiger partial charge in [0.05, 0.1) is 12.0 Å². The highest BCUT2D eigenvalue weighted by Crippen LogP contribution is 2.51. The lowest BCUT2D eigenvalue weighted by Gasteiger charge is -2.16. The standard InChI is InChI=1S/C16H20O3/c1-19-16(8-9-16)10-12-2-4-13(5-3-12)15(6-7-15)11-14(17)18/h2-5H,6-11H2,1H3,(H,17,18). The van der Waals surface area contributed by atoms with Crippen molar-refractivity contribution < 1.29 is 14.6 Å². The van der Waals surface area contributed by atoms with Gasteiger partial charge in [0.15, 0.2) is 0 Å². The van der Waals surface area contributed by atoms with Gasteiger partial charge in [-0.05, 0) is 36.8 Å². The van der Waals surface area contributed by atoms with Crippen LogP contribution in [0.4, 0.5) is 0 Å². The van der Waals surface area contributed by atoms with Crippen molar-refractivity contribution in [3.8, 4) is 0 Å². The van der Waals surface area contributed by atoms with Crippen molar-refractivity contribution in [1.29, 1.82) is 0 Å². The molecule has 19 heavy (non-hydrogen) atoms. The minimum absolute atomic E-state index is 0.0805. The number of carbonyl (C=O) groups is 1. The largest absolute Gasteiger partial charge is 0.481 e. The zero-order chi connectivity index (χ0) is 13.5. The molecule has 1 N–H and O–H groups in total. The monoisotopic (exact) mass is 260 g/mol. The highest BCUT2D eigenvalue weighted by molar-refractivity contribution is 5.70. The van der Waals surface area contributed by atoms with E-state index in [-0.39, 0.29) is 17.4 Å². The van der Waals surface area contributed by atoms with E-state index in [2.05, 4.69) is 24.3 Å². The Morgan fingerprint density at radius 1 is 1.21 bits per heavy atom. The molecule has 3 rings (SSSR count). The molecular weight excluding hydrogens is 240 g/mol. The first kappa shape index (κ1) is 12.7. The molecule has 0 heterocycles. The van der Waals surface area contributed by atoms with E-state index in [1.165, 1.54) is 11.1 Å². The fourth-order valence-electron chi connectivity index (χ4n) is 2.95. The molecule has 3 nitrogen and oxygen atoms in total. The summed E-state index contributed by atoms with van der Waals surface area (Å²) in [5.41, 5.74) is 2.47. The summed E-state index contributed by atoms with van der Waals surface area (Å²) in [6.45, 7) is 0. The van der Waals surface area contributed by atoms with E-state index >= 15 is 0 Å². The first-order valence-electron chi connectivity index (χ1n) is 6.94. The SMILES string of the molecule is COC1(Cc2ccc(C3(CC(=O)O)CC3)cc2)CC1. The van der Waals surface area contributed by atoms with Crippen LogP contribution in [-0.4, -0.2) is 23.8 Å². The second kappa shape index (κ2) is 4.34. The highest BCUT2D eigenvalue weighted by atomic mass is 16.5. The average Bonchev–Trinajstić information content (AvgIpc) is 3.28. The second-order valence-corrected chi connectivity index (χ2v) is 6.11. The van der Waals surface area contributed by atoms with Gasteiger partial charge in [-0.2, -0.15) is 0 Å². The second-order valence-electron chi connectivity index (χ2n) is 6.11. The average molecular weight is 260 g/mol. The summed E-state index contributed by atoms with van der Waals surface area (Å²) in [7, 11) is 1.79. The fraction of sp³-hybridized carbons (Fsp3) is 0.562. The van der Waals surface area contributed by atoms with Crippen LogP contribution < -0.4 is 0 Å². The molecule has 0 aromatic heterocycles. The fourth-order valence-corrected chi connectivity index (χ4v) is 2.95. The molecule has 2 fully saturated rings. The predicted octanol–water partition coefficient (Wildman–Crippen LogP) is 2.91. The van der Waals surface area contributed by atoms with Crippen LogP contribution in [-0.2, 0) is 21.4 Å². The van der Waals surface area contributed by atoms with E-state index in [1.807, 2.05) is 0 Å². The van der Waals surface area contributed by atoms with Crippen LogP contribution >= 0.6 is 0 Å². The maximum Gasteiger partial charge on any atom is 0.304 e. The number of aliphatic carboxylic acids is 1. The summed E-state index contributed by atoms with van der Waals surface area (Å²) in [5.74, 6) is -0.696. The molecule has 0 radical (unpaired) electrons. The van der Waals surface area contributed by atoms with E-state index in [1.54, 1.807) is 7.11 Å². The van der Waals surface area contributed by atoms with Crippen molar-refractivity contribution in [2.24, 2.45) is 0 Å². The van der Waals surface area contributed by atoms with Crippen LogP contribution in [0.15, 0.2) is 24.3 Å². The number of carboxylic acid groups (broad SMARTS) is 1. The highest BCUT2D eigenvalue weighted by Gasteiger charge is 2.46. The minimum atomic E-state index is -0.696. The molecule has 102 valence electrons. The van der Waals surface area contributed by atoms with E-state index in [0.29, 0.717) is 0 Å². The molecule has 1 aromatic rings. The van der Waals surface area contributed by atoms with Gasteiger partial charge in [-0.1, -0.05) is 24.3 Å². The topological polar surface area (TPSA) is 46.5 Å². The zero-order valence-corrected chi connectivity index (χ0v) is 11.3. The van der Waals surface area contributed by atoms with Crippen LogP contribution in [0.1, 0.15) is 43.2 Å². The summed E-state index contributed by atoms with van der Waals surface area (Å²) in [6, 6.07) is 8.49. The number of carboxylic acids is 1. The first-order chi connectivity index (χ1) is 9.07. The van der Waals surface area contributed by atoms with Crippen LogP contribution in [0.2, 0.25) is 0 Å². The summed E-state index contributed by atoms with van der Waals surface area (Å²) >= 11 is 0. The Kier molecular flexibility index (Phi) is 2.90. The van der Waals surface area contributed by atoms with Gasteiger partial charge >= 0.3 is 5.97 Å². The molecule has 0 spiro atoms. The number of methoxy groups -OCH3 is 1. The maximum absolute atomic E-state index is 10.9. The number of rotatable bonds is 6. The molecule has 0 bridgehead atoms. The van der Waals surface area contributed by atoms with Gasteiger partial charge < -0.3 is 9.84 Å². The van der Waals surface area contributed by atoms with Crippen molar-refractivity contribution in [1.82, 2.24) is 0 Å². The van der Waals surface area contributed by atoms with Crippen LogP contribution in [0.25, 0.3) is 0 Å². The summed E-state index contributed by atoms with van der Waals surface area (Å²) in [5, 5.41) is 8.98. The summed E-state index contributed by atoms with van der Waals surface area (Å²) in [4.78, 5) is 10.9. The molecule has 2 aliphatic rings. The number of hydrogen-bond acceptors (Lipinski definition) is 2. The zero-order valence-electron chi connectivity index (χ0n) is 11.3. The number of ether oxygens (including phenoxy) is 1. The van der Waals surface area contributed by atoms with Crippen molar-refractivity contribution >= 4 is 5.97 Å². The van der Waals surface area contributed by atoms with E-state index in [0.717, 1.165) is 32.1 Å². The van der Waals surface area contributed by atoms with E-state index in [9.17, 15) is 4.79 Å². The molecule has 1 aromatic carbocycles. The minimum Gasteiger partial charge on any atom is -0.481 e. The first-order valence-corrected chi connectivity index (χ1v) is 6.94. The Balaban J connectivity index is 1.71. The molecule has 0 saturated heterocycles. The van der Waals surface area contributed by atoms with Crippen molar-refractivity contribution in [3.63, 3.8) is 0 Å². The Labute approximate surface area is 113 Å². The normalized spacial score (nSPS) is 21.9. The van der Waals surface area contributed by atoms with Crippen LogP contribution in [0, 0.1) is 0 Å². The molecule has 0 aliphatic heterocycles. The van der Waals surface area contributed by atoms with Gasteiger partial charge in [0.25, 0.3) is 0 Å². The van der Waals surface area contributed by atoms with Crippen LogP contribution in [0.3, 0.4) is 0 Å². The number of hydrogen-bond donors (Lipinski definition) is 1. The van der Waals surface area contributed by atoms with Gasteiger partial charge in [0.2, 0.25) is 0 Å². The third kappa shape index (κ3) is 2.52. The van der Waals surface area contributed by atoms with Crippen LogP contribution in [0.5, 0.6) is 0 Å². The Morgan fingerprint density at radius 2 is 1.84 bits per heavy atom. The van der Waals surface area contributed by atoms with Crippen molar-refractivity contribution in [2.45, 2.75) is 49.5 Å². The third-order valence-corrected chi connectivity index (χ3v) is 4.68. The van der Waals surface area contributed by atoms with Gasteiger partial charge in [0.1, 0.15) is 0 Å². The van der Waals surface area contributed by atoms with Gasteiger partial charge in [-0.25, -0.2) is 0 Å². The van der Waals surface area contributed by atoms with Gasteiger partial charge in [-0.15, -0.1) is 0 Å². The molecule has 2 saturated carbocycles. The van der Waals surface area contributed by atoms with Gasteiger partial charge in [0, 0.05) is 18.9 Å². The molecule has 3 heteroatoms. The smallest absolute Gasteiger partial charge is 0.304 e. The number of benzene rings is 1. The Morgan fingerprint density at radius 3 is 2.26 bits per heavy atom. The lowest BCUT2D eigenvalue weighted by atomic mass is 9.91. The maximum atomic E-state index is 10.9. The molecule has 2 aliphatic carbocycles. The lowest BCUT2D eigenvalue weighted by molar-refractivity contribution is -0.137. The molecule has 0 atom stereocenters. The predicted molar refractivity (Wildman–Crippen MR) is 72.3 cm³/mol. The molecular formula is C16H20O3. The third-order valence-electron chi connectivity index (χ3n) is 4.68. The van der Waals surface area contributed by atoms with Crippen molar-refractivity contribution in [3.05, 3.63) is 35.4 Å². The Hall–Kier alpha value is -1.35. The Bertz CT molecular complexity index is 481. The molecule has 0 amide bonds. The summed E-state index contributed by atoms with van der Waals surface area (Å²) < 4.78 is 5.54. The molecule has 0 unspecified atom stereocenters. The van der Waals surface area contributed by atoms with Crippen molar-refractivity contribution in [2.75, 3.05) is 7.11 Å². The quantitative estimate of drug-likeness (QED) is 0.855.